The van der Waals surface area contributed by atoms with Crippen molar-refractivity contribution in [1.82, 2.24) is 15.0 Å². The van der Waals surface area contributed by atoms with Gasteiger partial charge < -0.3 is 10.6 Å². The maximum atomic E-state index is 12.3. The summed E-state index contributed by atoms with van der Waals surface area (Å²) in [5.74, 6) is -0.448. The van der Waals surface area contributed by atoms with Gasteiger partial charge >= 0.3 is 10.4 Å². The lowest BCUT2D eigenvalue weighted by Gasteiger charge is -2.10. The molecule has 2 aromatic carbocycles. The maximum absolute atomic E-state index is 12.3. The minimum Gasteiger partial charge on any atom is -0.324 e. The number of benzene rings is 2. The first-order chi connectivity index (χ1) is 16.9. The Labute approximate surface area is 214 Å². The Morgan fingerprint density at radius 1 is 0.972 bits per heavy atom. The standard InChI is InChI=1S/C18H18ClN5O9S3/c1-11-10-13(4-7-15(11)34-33-32-25)21-18-23-16(19)22-17(24-18)20-12-2-5-14(6-3-12)35(26,27)9-8-31-36(28,29)30/h2-7,10,25H,8-9H2,1H3,(H,28,29,30)(H2,20,21,22,23,24). The number of rotatable bonds is 12. The van der Waals surface area contributed by atoms with Crippen LogP contribution in [0.25, 0.3) is 0 Å². The summed E-state index contributed by atoms with van der Waals surface area (Å²) >= 11 is 6.84. The zero-order valence-electron chi connectivity index (χ0n) is 18.2. The van der Waals surface area contributed by atoms with Gasteiger partial charge in [-0.25, -0.2) is 17.9 Å². The molecule has 3 rings (SSSR count). The quantitative estimate of drug-likeness (QED) is 0.105. The highest BCUT2D eigenvalue weighted by Gasteiger charge is 2.17. The smallest absolute Gasteiger partial charge is 0.324 e. The van der Waals surface area contributed by atoms with Gasteiger partial charge in [0.25, 0.3) is 0 Å². The molecule has 36 heavy (non-hydrogen) atoms. The van der Waals surface area contributed by atoms with Crippen LogP contribution >= 0.6 is 23.6 Å². The molecule has 0 spiro atoms. The summed E-state index contributed by atoms with van der Waals surface area (Å²) in [6, 6.07) is 10.7. The first kappa shape index (κ1) is 28.0. The third-order valence-electron chi connectivity index (χ3n) is 4.25. The Bertz CT molecular complexity index is 1420. The van der Waals surface area contributed by atoms with E-state index in [9.17, 15) is 16.8 Å². The molecule has 18 heteroatoms. The van der Waals surface area contributed by atoms with Gasteiger partial charge in [0.1, 0.15) is 0 Å². The van der Waals surface area contributed by atoms with E-state index in [-0.39, 0.29) is 22.1 Å². The van der Waals surface area contributed by atoms with Gasteiger partial charge in [-0.3, -0.25) is 4.55 Å². The molecule has 0 aliphatic heterocycles. The fraction of sp³-hybridized carbons (Fsp3) is 0.167. The predicted molar refractivity (Wildman–Crippen MR) is 129 cm³/mol. The summed E-state index contributed by atoms with van der Waals surface area (Å²) in [6.45, 7) is 1.08. The van der Waals surface area contributed by atoms with Gasteiger partial charge in [-0.1, -0.05) is 5.04 Å². The molecule has 194 valence electrons. The molecule has 1 aromatic heterocycles. The second-order valence-corrected chi connectivity index (χ2v) is 11.1. The summed E-state index contributed by atoms with van der Waals surface area (Å²) in [7, 11) is -8.59. The highest BCUT2D eigenvalue weighted by molar-refractivity contribution is 7.94. The van der Waals surface area contributed by atoms with Crippen molar-refractivity contribution in [2.75, 3.05) is 23.0 Å². The van der Waals surface area contributed by atoms with Gasteiger partial charge in [-0.05, 0) is 66.6 Å². The van der Waals surface area contributed by atoms with E-state index in [4.69, 9.17) is 21.4 Å². The molecule has 0 aliphatic rings. The molecule has 0 amide bonds. The monoisotopic (exact) mass is 579 g/mol. The highest BCUT2D eigenvalue weighted by Crippen LogP contribution is 2.27. The molecule has 0 radical (unpaired) electrons. The molecule has 0 saturated carbocycles. The zero-order valence-corrected chi connectivity index (χ0v) is 21.4. The third kappa shape index (κ3) is 8.50. The maximum Gasteiger partial charge on any atom is 0.397 e. The Balaban J connectivity index is 1.69. The van der Waals surface area contributed by atoms with Crippen molar-refractivity contribution in [3.63, 3.8) is 0 Å². The number of anilines is 4. The molecular formula is C18H18ClN5O9S3. The second-order valence-electron chi connectivity index (χ2n) is 6.80. The predicted octanol–water partition coefficient (Wildman–Crippen LogP) is 3.34. The Morgan fingerprint density at radius 2 is 1.58 bits per heavy atom. The fourth-order valence-electron chi connectivity index (χ4n) is 2.71. The summed E-state index contributed by atoms with van der Waals surface area (Å²) < 4.78 is 62.7. The molecule has 0 atom stereocenters. The number of sulfone groups is 1. The molecule has 0 saturated heterocycles. The van der Waals surface area contributed by atoms with Crippen LogP contribution in [0.5, 0.6) is 0 Å². The number of nitrogens with zero attached hydrogens (tertiary/aromatic N) is 3. The molecule has 1 heterocycles. The average molecular weight is 580 g/mol. The first-order valence-corrected chi connectivity index (χ1v) is 13.7. The van der Waals surface area contributed by atoms with Crippen LogP contribution in [0.2, 0.25) is 5.28 Å². The first-order valence-electron chi connectivity index (χ1n) is 9.61. The fourth-order valence-corrected chi connectivity index (χ4v) is 4.77. The minimum atomic E-state index is -4.73. The molecule has 0 aliphatic carbocycles. The SMILES string of the molecule is Cc1cc(Nc2nc(Cl)nc(Nc3ccc(S(=O)(=O)CCOS(=O)(=O)O)cc3)n2)ccc1SOOO. The Morgan fingerprint density at radius 3 is 2.17 bits per heavy atom. The van der Waals surface area contributed by atoms with Crippen molar-refractivity contribution < 1.29 is 40.2 Å². The minimum absolute atomic E-state index is 0.0760. The number of hydrogen-bond donors (Lipinski definition) is 4. The summed E-state index contributed by atoms with van der Waals surface area (Å²) in [4.78, 5) is 12.9. The van der Waals surface area contributed by atoms with Crippen LogP contribution in [0.15, 0.2) is 52.3 Å². The largest absolute Gasteiger partial charge is 0.397 e. The van der Waals surface area contributed by atoms with Gasteiger partial charge in [0.05, 0.1) is 29.3 Å². The molecule has 4 N–H and O–H groups in total. The van der Waals surface area contributed by atoms with E-state index in [0.717, 1.165) is 17.6 Å². The van der Waals surface area contributed by atoms with Gasteiger partial charge in [-0.15, -0.1) is 4.33 Å². The zero-order chi connectivity index (χ0) is 26.3. The van der Waals surface area contributed by atoms with E-state index in [1.54, 1.807) is 18.2 Å². The van der Waals surface area contributed by atoms with Crippen molar-refractivity contribution in [2.45, 2.75) is 16.7 Å². The number of aryl methyl sites for hydroxylation is 1. The van der Waals surface area contributed by atoms with E-state index < -0.39 is 32.6 Å². The molecule has 14 nitrogen and oxygen atoms in total. The van der Waals surface area contributed by atoms with Gasteiger partial charge in [0.2, 0.25) is 17.2 Å². The highest BCUT2D eigenvalue weighted by atomic mass is 35.5. The lowest BCUT2D eigenvalue weighted by Crippen LogP contribution is -2.15. The van der Waals surface area contributed by atoms with Crippen molar-refractivity contribution in [1.29, 1.82) is 0 Å². The lowest BCUT2D eigenvalue weighted by molar-refractivity contribution is -0.432. The van der Waals surface area contributed by atoms with Crippen LogP contribution in [-0.2, 0) is 33.8 Å². The summed E-state index contributed by atoms with van der Waals surface area (Å²) in [5, 5.41) is 17.6. The number of halogens is 1. The molecule has 0 bridgehead atoms. The van der Waals surface area contributed by atoms with E-state index in [1.165, 1.54) is 24.3 Å². The van der Waals surface area contributed by atoms with E-state index in [1.807, 2.05) is 6.92 Å². The Hall–Kier alpha value is -2.61. The molecule has 0 fully saturated rings. The van der Waals surface area contributed by atoms with E-state index >= 15 is 0 Å². The number of hydrogen-bond acceptors (Lipinski definition) is 14. The topological polar surface area (TPSA) is 199 Å². The third-order valence-corrected chi connectivity index (χ3v) is 7.34. The van der Waals surface area contributed by atoms with Gasteiger partial charge in [-0.2, -0.15) is 23.4 Å². The van der Waals surface area contributed by atoms with Gasteiger partial charge in [0.15, 0.2) is 9.84 Å². The second kappa shape index (κ2) is 12.1. The van der Waals surface area contributed by atoms with Crippen LogP contribution in [-0.4, -0.2) is 54.0 Å². The molecular weight excluding hydrogens is 562 g/mol. The average Bonchev–Trinajstić information content (AvgIpc) is 2.77. The van der Waals surface area contributed by atoms with Crippen LogP contribution in [0, 0.1) is 6.92 Å². The van der Waals surface area contributed by atoms with Crippen LogP contribution in [0.1, 0.15) is 5.56 Å². The lowest BCUT2D eigenvalue weighted by atomic mass is 10.2. The normalized spacial score (nSPS) is 11.9. The van der Waals surface area contributed by atoms with Gasteiger partial charge in [0, 0.05) is 16.3 Å². The molecule has 0 unspecified atom stereocenters. The molecule has 3 aromatic rings. The summed E-state index contributed by atoms with van der Waals surface area (Å²) in [6.07, 6.45) is 0. The van der Waals surface area contributed by atoms with E-state index in [2.05, 4.69) is 39.1 Å². The van der Waals surface area contributed by atoms with Crippen LogP contribution in [0.4, 0.5) is 23.3 Å². The van der Waals surface area contributed by atoms with E-state index in [0.29, 0.717) is 16.3 Å². The Kier molecular flexibility index (Phi) is 9.39. The summed E-state index contributed by atoms with van der Waals surface area (Å²) in [5.41, 5.74) is 1.86. The number of aromatic nitrogens is 3. The van der Waals surface area contributed by atoms with Crippen LogP contribution < -0.4 is 10.6 Å². The van der Waals surface area contributed by atoms with Crippen molar-refractivity contribution >= 4 is 67.2 Å². The van der Waals surface area contributed by atoms with Crippen molar-refractivity contribution in [3.05, 3.63) is 53.3 Å². The van der Waals surface area contributed by atoms with Crippen LogP contribution in [0.3, 0.4) is 0 Å². The number of nitrogens with one attached hydrogen (secondary N) is 2. The van der Waals surface area contributed by atoms with Crippen molar-refractivity contribution in [3.8, 4) is 0 Å². The van der Waals surface area contributed by atoms with Crippen molar-refractivity contribution in [2.24, 2.45) is 0 Å².